The molecular weight excluding hydrogens is 275 g/mol. The van der Waals surface area contributed by atoms with Gasteiger partial charge in [-0.1, -0.05) is 31.0 Å². The Morgan fingerprint density at radius 2 is 1.81 bits per heavy atom. The van der Waals surface area contributed by atoms with Crippen LogP contribution in [0.25, 0.3) is 0 Å². The van der Waals surface area contributed by atoms with Gasteiger partial charge in [-0.15, -0.1) is 0 Å². The maximum Gasteiger partial charge on any atom is 0.392 e. The predicted octanol–water partition coefficient (Wildman–Crippen LogP) is 4.93. The largest absolute Gasteiger partial charge is 0.392 e. The van der Waals surface area contributed by atoms with E-state index in [0.29, 0.717) is 12.8 Å². The first-order valence-corrected chi connectivity index (χ1v) is 7.66. The van der Waals surface area contributed by atoms with Gasteiger partial charge in [0.15, 0.2) is 0 Å². The van der Waals surface area contributed by atoms with E-state index in [0.717, 1.165) is 23.1 Å². The van der Waals surface area contributed by atoms with Gasteiger partial charge < -0.3 is 5.32 Å². The Hall–Kier alpha value is -1.03. The molecule has 0 aromatic heterocycles. The van der Waals surface area contributed by atoms with Crippen LogP contribution in [0.15, 0.2) is 18.2 Å². The zero-order valence-corrected chi connectivity index (χ0v) is 12.9. The van der Waals surface area contributed by atoms with Crippen molar-refractivity contribution in [2.24, 2.45) is 11.8 Å². The summed E-state index contributed by atoms with van der Waals surface area (Å²) in [5.74, 6) is -1.56. The van der Waals surface area contributed by atoms with Crippen LogP contribution in [0.5, 0.6) is 0 Å². The van der Waals surface area contributed by atoms with Crippen molar-refractivity contribution in [3.05, 3.63) is 34.9 Å². The Morgan fingerprint density at radius 3 is 2.43 bits per heavy atom. The van der Waals surface area contributed by atoms with Gasteiger partial charge in [0.25, 0.3) is 0 Å². The fourth-order valence-corrected chi connectivity index (χ4v) is 3.68. The molecule has 1 aromatic rings. The van der Waals surface area contributed by atoms with Crippen molar-refractivity contribution in [1.82, 2.24) is 5.32 Å². The van der Waals surface area contributed by atoms with Gasteiger partial charge >= 0.3 is 6.18 Å². The molecule has 0 spiro atoms. The summed E-state index contributed by atoms with van der Waals surface area (Å²) >= 11 is 0. The molecule has 2 rings (SSSR count). The van der Waals surface area contributed by atoms with Crippen molar-refractivity contribution < 1.29 is 13.2 Å². The summed E-state index contributed by atoms with van der Waals surface area (Å²) in [6.07, 6.45) is -1.62. The molecule has 0 heterocycles. The summed E-state index contributed by atoms with van der Waals surface area (Å²) in [6, 6.07) is 5.68. The van der Waals surface area contributed by atoms with E-state index in [9.17, 15) is 13.2 Å². The topological polar surface area (TPSA) is 12.0 Å². The highest BCUT2D eigenvalue weighted by atomic mass is 19.4. The van der Waals surface area contributed by atoms with Crippen LogP contribution < -0.4 is 5.32 Å². The van der Waals surface area contributed by atoms with Crippen molar-refractivity contribution in [3.8, 4) is 0 Å². The SMILES string of the molecule is CNC(c1cccc(C)c1C)C1CCCCC1C(F)(F)F. The zero-order chi connectivity index (χ0) is 15.6. The molecule has 4 heteroatoms. The van der Waals surface area contributed by atoms with Crippen LogP contribution in [0.3, 0.4) is 0 Å². The van der Waals surface area contributed by atoms with E-state index in [-0.39, 0.29) is 18.4 Å². The number of aryl methyl sites for hydroxylation is 1. The molecule has 3 unspecified atom stereocenters. The maximum absolute atomic E-state index is 13.4. The number of alkyl halides is 3. The van der Waals surface area contributed by atoms with Crippen LogP contribution in [0, 0.1) is 25.7 Å². The minimum Gasteiger partial charge on any atom is -0.313 e. The fraction of sp³-hybridized carbons (Fsp3) is 0.647. The molecule has 0 saturated heterocycles. The van der Waals surface area contributed by atoms with Crippen LogP contribution >= 0.6 is 0 Å². The number of rotatable bonds is 3. The number of benzene rings is 1. The van der Waals surface area contributed by atoms with Gasteiger partial charge in [0.05, 0.1) is 5.92 Å². The lowest BCUT2D eigenvalue weighted by molar-refractivity contribution is -0.199. The fourth-order valence-electron chi connectivity index (χ4n) is 3.68. The molecule has 1 N–H and O–H groups in total. The van der Waals surface area contributed by atoms with Crippen LogP contribution in [0.1, 0.15) is 48.4 Å². The van der Waals surface area contributed by atoms with E-state index >= 15 is 0 Å². The summed E-state index contributed by atoms with van der Waals surface area (Å²) in [5, 5.41) is 3.16. The number of hydrogen-bond acceptors (Lipinski definition) is 1. The average molecular weight is 299 g/mol. The Balaban J connectivity index is 2.36. The van der Waals surface area contributed by atoms with E-state index in [4.69, 9.17) is 0 Å². The Labute approximate surface area is 124 Å². The van der Waals surface area contributed by atoms with E-state index < -0.39 is 12.1 Å². The quantitative estimate of drug-likeness (QED) is 0.834. The predicted molar refractivity (Wildman–Crippen MR) is 79.2 cm³/mol. The molecule has 0 bridgehead atoms. The molecule has 1 nitrogen and oxygen atoms in total. The molecule has 1 aromatic carbocycles. The smallest absolute Gasteiger partial charge is 0.313 e. The molecule has 0 aliphatic heterocycles. The van der Waals surface area contributed by atoms with Crippen LogP contribution in [0.4, 0.5) is 13.2 Å². The lowest BCUT2D eigenvalue weighted by atomic mass is 9.72. The number of nitrogens with one attached hydrogen (secondary N) is 1. The van der Waals surface area contributed by atoms with Crippen LogP contribution in [0.2, 0.25) is 0 Å². The molecule has 21 heavy (non-hydrogen) atoms. The zero-order valence-electron chi connectivity index (χ0n) is 12.9. The lowest BCUT2D eigenvalue weighted by Gasteiger charge is -2.39. The first-order chi connectivity index (χ1) is 9.86. The number of hydrogen-bond donors (Lipinski definition) is 1. The van der Waals surface area contributed by atoms with Crippen molar-refractivity contribution in [2.75, 3.05) is 7.05 Å². The second kappa shape index (κ2) is 6.39. The first kappa shape index (κ1) is 16.3. The van der Waals surface area contributed by atoms with Crippen molar-refractivity contribution >= 4 is 0 Å². The molecule has 3 atom stereocenters. The van der Waals surface area contributed by atoms with Crippen LogP contribution in [-0.4, -0.2) is 13.2 Å². The summed E-state index contributed by atoms with van der Waals surface area (Å²) in [6.45, 7) is 4.01. The molecule has 1 aliphatic rings. The molecule has 1 aliphatic carbocycles. The molecule has 0 amide bonds. The third kappa shape index (κ3) is 3.42. The second-order valence-corrected chi connectivity index (χ2v) is 6.15. The third-order valence-corrected chi connectivity index (χ3v) is 4.96. The van der Waals surface area contributed by atoms with Crippen molar-refractivity contribution in [3.63, 3.8) is 0 Å². The lowest BCUT2D eigenvalue weighted by Crippen LogP contribution is -2.40. The Bertz CT molecular complexity index is 481. The van der Waals surface area contributed by atoms with Gasteiger partial charge in [-0.2, -0.15) is 13.2 Å². The van der Waals surface area contributed by atoms with Gasteiger partial charge in [-0.05, 0) is 56.3 Å². The normalized spacial score (nSPS) is 24.9. The van der Waals surface area contributed by atoms with Crippen LogP contribution in [-0.2, 0) is 0 Å². The van der Waals surface area contributed by atoms with Crippen molar-refractivity contribution in [1.29, 1.82) is 0 Å². The van der Waals surface area contributed by atoms with Crippen molar-refractivity contribution in [2.45, 2.75) is 51.7 Å². The van der Waals surface area contributed by atoms with E-state index in [1.54, 1.807) is 7.05 Å². The monoisotopic (exact) mass is 299 g/mol. The van der Waals surface area contributed by atoms with Gasteiger partial charge in [0.1, 0.15) is 0 Å². The van der Waals surface area contributed by atoms with Gasteiger partial charge in [-0.25, -0.2) is 0 Å². The van der Waals surface area contributed by atoms with E-state index in [1.807, 2.05) is 32.0 Å². The molecule has 1 fully saturated rings. The Morgan fingerprint density at radius 1 is 1.14 bits per heavy atom. The maximum atomic E-state index is 13.4. The van der Waals surface area contributed by atoms with Gasteiger partial charge in [0, 0.05) is 6.04 Å². The highest BCUT2D eigenvalue weighted by Crippen LogP contribution is 2.46. The van der Waals surface area contributed by atoms with E-state index in [2.05, 4.69) is 5.32 Å². The minimum atomic E-state index is -4.10. The molecular formula is C17H24F3N. The standard InChI is InChI=1S/C17H24F3N/c1-11-7-6-9-13(12(11)2)16(21-3)14-8-4-5-10-15(14)17(18,19)20/h6-7,9,14-16,21H,4-5,8,10H2,1-3H3. The summed E-state index contributed by atoms with van der Waals surface area (Å²) in [5.41, 5.74) is 3.24. The first-order valence-electron chi connectivity index (χ1n) is 7.66. The van der Waals surface area contributed by atoms with Gasteiger partial charge in [-0.3, -0.25) is 0 Å². The highest BCUT2D eigenvalue weighted by Gasteiger charge is 2.48. The summed E-state index contributed by atoms with van der Waals surface area (Å²) in [4.78, 5) is 0. The third-order valence-electron chi connectivity index (χ3n) is 4.96. The number of halogens is 3. The summed E-state index contributed by atoms with van der Waals surface area (Å²) in [7, 11) is 1.77. The molecule has 118 valence electrons. The molecule has 1 saturated carbocycles. The average Bonchev–Trinajstić information content (AvgIpc) is 2.44. The molecule has 0 radical (unpaired) electrons. The van der Waals surface area contributed by atoms with E-state index in [1.165, 1.54) is 0 Å². The second-order valence-electron chi connectivity index (χ2n) is 6.15. The minimum absolute atomic E-state index is 0.225. The highest BCUT2D eigenvalue weighted by molar-refractivity contribution is 5.36. The summed E-state index contributed by atoms with van der Waals surface area (Å²) < 4.78 is 40.1. The van der Waals surface area contributed by atoms with Gasteiger partial charge in [0.2, 0.25) is 0 Å². The Kier molecular flexibility index (Phi) is 4.97.